The number of piperidine rings is 1. The van der Waals surface area contributed by atoms with Crippen molar-refractivity contribution in [1.29, 1.82) is 0 Å². The number of likely N-dealkylation sites (tertiary alicyclic amines) is 1. The van der Waals surface area contributed by atoms with Gasteiger partial charge in [-0.1, -0.05) is 0 Å². The molecule has 0 spiro atoms. The third-order valence-electron chi connectivity index (χ3n) is 4.59. The topological polar surface area (TPSA) is 67.2 Å². The standard InChI is InChI=1S/C18H26N6O/c1-22(2)13-17-11-19-16(10-20-17)8-14-4-6-24(7-5-14)18(25)15-9-21-23(3)12-15/h9-12,14H,4-8,13H2,1-3H3. The summed E-state index contributed by atoms with van der Waals surface area (Å²) in [5.74, 6) is 0.645. The minimum absolute atomic E-state index is 0.0828. The van der Waals surface area contributed by atoms with Crippen LogP contribution in [0.1, 0.15) is 34.6 Å². The second-order valence-electron chi connectivity index (χ2n) is 7.08. The predicted octanol–water partition coefficient (Wildman–Crippen LogP) is 1.37. The van der Waals surface area contributed by atoms with E-state index in [-0.39, 0.29) is 5.91 Å². The fourth-order valence-corrected chi connectivity index (χ4v) is 3.24. The van der Waals surface area contributed by atoms with Gasteiger partial charge in [0.25, 0.3) is 5.91 Å². The van der Waals surface area contributed by atoms with E-state index < -0.39 is 0 Å². The monoisotopic (exact) mass is 342 g/mol. The normalized spacial score (nSPS) is 15.8. The van der Waals surface area contributed by atoms with Crippen LogP contribution in [0.15, 0.2) is 24.8 Å². The maximum atomic E-state index is 12.4. The molecule has 0 aromatic carbocycles. The van der Waals surface area contributed by atoms with Crippen molar-refractivity contribution in [2.75, 3.05) is 27.2 Å². The lowest BCUT2D eigenvalue weighted by atomic mass is 9.92. The minimum Gasteiger partial charge on any atom is -0.339 e. The summed E-state index contributed by atoms with van der Waals surface area (Å²) in [6.07, 6.45) is 10.1. The molecule has 3 heterocycles. The maximum absolute atomic E-state index is 12.4. The fourth-order valence-electron chi connectivity index (χ4n) is 3.24. The van der Waals surface area contributed by atoms with E-state index in [0.29, 0.717) is 11.5 Å². The summed E-state index contributed by atoms with van der Waals surface area (Å²) in [6, 6.07) is 0. The van der Waals surface area contributed by atoms with Gasteiger partial charge in [0, 0.05) is 39.1 Å². The fraction of sp³-hybridized carbons (Fsp3) is 0.556. The number of carbonyl (C=O) groups excluding carboxylic acids is 1. The molecule has 7 heteroatoms. The molecule has 1 fully saturated rings. The molecule has 2 aromatic heterocycles. The SMILES string of the molecule is CN(C)Cc1cnc(CC2CCN(C(=O)c3cnn(C)c3)CC2)cn1. The summed E-state index contributed by atoms with van der Waals surface area (Å²) in [7, 11) is 5.88. The van der Waals surface area contributed by atoms with Gasteiger partial charge in [0.15, 0.2) is 0 Å². The first kappa shape index (κ1) is 17.5. The molecule has 0 N–H and O–H groups in total. The van der Waals surface area contributed by atoms with Crippen LogP contribution < -0.4 is 0 Å². The van der Waals surface area contributed by atoms with Gasteiger partial charge in [-0.25, -0.2) is 0 Å². The Morgan fingerprint density at radius 1 is 1.16 bits per heavy atom. The van der Waals surface area contributed by atoms with Crippen molar-refractivity contribution in [3.8, 4) is 0 Å². The Balaban J connectivity index is 1.50. The lowest BCUT2D eigenvalue weighted by molar-refractivity contribution is 0.0690. The van der Waals surface area contributed by atoms with Crippen LogP contribution in [0.5, 0.6) is 0 Å². The third kappa shape index (κ3) is 4.63. The Morgan fingerprint density at radius 3 is 2.40 bits per heavy atom. The van der Waals surface area contributed by atoms with Crippen LogP contribution >= 0.6 is 0 Å². The number of aromatic nitrogens is 4. The van der Waals surface area contributed by atoms with Crippen molar-refractivity contribution >= 4 is 5.91 Å². The van der Waals surface area contributed by atoms with Crippen LogP contribution in [-0.2, 0) is 20.0 Å². The number of rotatable bonds is 5. The maximum Gasteiger partial charge on any atom is 0.257 e. The highest BCUT2D eigenvalue weighted by Gasteiger charge is 2.24. The molecule has 0 radical (unpaired) electrons. The Labute approximate surface area is 148 Å². The third-order valence-corrected chi connectivity index (χ3v) is 4.59. The zero-order chi connectivity index (χ0) is 17.8. The number of amides is 1. The van der Waals surface area contributed by atoms with Gasteiger partial charge < -0.3 is 9.80 Å². The van der Waals surface area contributed by atoms with Crippen molar-refractivity contribution < 1.29 is 4.79 Å². The van der Waals surface area contributed by atoms with Crippen molar-refractivity contribution in [1.82, 2.24) is 29.5 Å². The molecule has 1 aliphatic heterocycles. The first-order chi connectivity index (χ1) is 12.0. The van der Waals surface area contributed by atoms with Gasteiger partial charge in [-0.05, 0) is 39.3 Å². The van der Waals surface area contributed by atoms with Crippen molar-refractivity contribution in [2.45, 2.75) is 25.8 Å². The van der Waals surface area contributed by atoms with Gasteiger partial charge in [0.2, 0.25) is 0 Å². The molecule has 2 aromatic rings. The molecule has 0 aliphatic carbocycles. The first-order valence-electron chi connectivity index (χ1n) is 8.73. The number of hydrogen-bond acceptors (Lipinski definition) is 5. The van der Waals surface area contributed by atoms with E-state index in [0.717, 1.165) is 50.3 Å². The smallest absolute Gasteiger partial charge is 0.257 e. The molecule has 134 valence electrons. The summed E-state index contributed by atoms with van der Waals surface area (Å²) < 4.78 is 1.67. The number of carbonyl (C=O) groups is 1. The summed E-state index contributed by atoms with van der Waals surface area (Å²) in [6.45, 7) is 2.40. The molecule has 1 saturated heterocycles. The quantitative estimate of drug-likeness (QED) is 0.821. The lowest BCUT2D eigenvalue weighted by Crippen LogP contribution is -2.38. The van der Waals surface area contributed by atoms with E-state index in [1.165, 1.54) is 0 Å². The Morgan fingerprint density at radius 2 is 1.84 bits per heavy atom. The summed E-state index contributed by atoms with van der Waals surface area (Å²) in [5.41, 5.74) is 2.70. The molecule has 25 heavy (non-hydrogen) atoms. The number of nitrogens with zero attached hydrogens (tertiary/aromatic N) is 6. The molecule has 0 unspecified atom stereocenters. The Bertz CT molecular complexity index is 701. The van der Waals surface area contributed by atoms with Gasteiger partial charge in [-0.2, -0.15) is 5.10 Å². The second kappa shape index (κ2) is 7.74. The molecule has 0 saturated carbocycles. The Hall–Kier alpha value is -2.28. The van der Waals surface area contributed by atoms with Crippen LogP contribution in [0.3, 0.4) is 0 Å². The van der Waals surface area contributed by atoms with E-state index in [4.69, 9.17) is 0 Å². The average molecular weight is 342 g/mol. The average Bonchev–Trinajstić information content (AvgIpc) is 3.03. The van der Waals surface area contributed by atoms with E-state index >= 15 is 0 Å². The van der Waals surface area contributed by atoms with Crippen LogP contribution in [-0.4, -0.2) is 62.6 Å². The highest BCUT2D eigenvalue weighted by atomic mass is 16.2. The van der Waals surface area contributed by atoms with Gasteiger partial charge >= 0.3 is 0 Å². The zero-order valence-electron chi connectivity index (χ0n) is 15.2. The van der Waals surface area contributed by atoms with Crippen LogP contribution in [0, 0.1) is 5.92 Å². The van der Waals surface area contributed by atoms with Gasteiger partial charge in [-0.3, -0.25) is 19.4 Å². The summed E-state index contributed by atoms with van der Waals surface area (Å²) in [4.78, 5) is 25.5. The van der Waals surface area contributed by atoms with Crippen molar-refractivity contribution in [3.05, 3.63) is 41.7 Å². The molecule has 1 amide bonds. The number of aryl methyl sites for hydroxylation is 1. The second-order valence-corrected chi connectivity index (χ2v) is 7.08. The summed E-state index contributed by atoms with van der Waals surface area (Å²) >= 11 is 0. The largest absolute Gasteiger partial charge is 0.339 e. The van der Waals surface area contributed by atoms with Gasteiger partial charge in [0.05, 0.1) is 29.3 Å². The molecular weight excluding hydrogens is 316 g/mol. The lowest BCUT2D eigenvalue weighted by Gasteiger charge is -2.31. The van der Waals surface area contributed by atoms with E-state index in [2.05, 4.69) is 20.0 Å². The van der Waals surface area contributed by atoms with Gasteiger partial charge in [-0.15, -0.1) is 0 Å². The van der Waals surface area contributed by atoms with Crippen molar-refractivity contribution in [3.63, 3.8) is 0 Å². The highest BCUT2D eigenvalue weighted by Crippen LogP contribution is 2.22. The molecule has 1 aliphatic rings. The van der Waals surface area contributed by atoms with Crippen LogP contribution in [0.25, 0.3) is 0 Å². The molecule has 3 rings (SSSR count). The number of hydrogen-bond donors (Lipinski definition) is 0. The molecular formula is C18H26N6O. The summed E-state index contributed by atoms with van der Waals surface area (Å²) in [5, 5.41) is 4.08. The minimum atomic E-state index is 0.0828. The highest BCUT2D eigenvalue weighted by molar-refractivity contribution is 5.93. The predicted molar refractivity (Wildman–Crippen MR) is 95.0 cm³/mol. The van der Waals surface area contributed by atoms with Gasteiger partial charge in [0.1, 0.15) is 0 Å². The Kier molecular flexibility index (Phi) is 5.43. The van der Waals surface area contributed by atoms with Crippen LogP contribution in [0.2, 0.25) is 0 Å². The van der Waals surface area contributed by atoms with E-state index in [1.54, 1.807) is 17.1 Å². The molecule has 0 atom stereocenters. The van der Waals surface area contributed by atoms with E-state index in [9.17, 15) is 4.79 Å². The zero-order valence-corrected chi connectivity index (χ0v) is 15.2. The first-order valence-corrected chi connectivity index (χ1v) is 8.73. The molecule has 7 nitrogen and oxygen atoms in total. The van der Waals surface area contributed by atoms with E-state index in [1.807, 2.05) is 38.4 Å². The van der Waals surface area contributed by atoms with Crippen LogP contribution in [0.4, 0.5) is 0 Å². The van der Waals surface area contributed by atoms with Crippen molar-refractivity contribution in [2.24, 2.45) is 13.0 Å². The molecule has 0 bridgehead atoms.